The van der Waals surface area contributed by atoms with Crippen molar-refractivity contribution in [1.82, 2.24) is 20.1 Å². The molecule has 1 aliphatic heterocycles. The number of para-hydroxylation sites is 1. The van der Waals surface area contributed by atoms with Crippen LogP contribution in [0, 0.1) is 0 Å². The molecule has 22 heavy (non-hydrogen) atoms. The zero-order chi connectivity index (χ0) is 15.2. The minimum Gasteiger partial charge on any atom is -0.491 e. The lowest BCUT2D eigenvalue weighted by Crippen LogP contribution is -2.45. The van der Waals surface area contributed by atoms with Crippen molar-refractivity contribution >= 4 is 0 Å². The van der Waals surface area contributed by atoms with Gasteiger partial charge >= 0.3 is 0 Å². The van der Waals surface area contributed by atoms with Crippen molar-refractivity contribution < 1.29 is 14.6 Å². The summed E-state index contributed by atoms with van der Waals surface area (Å²) in [6, 6.07) is 9.48. The van der Waals surface area contributed by atoms with E-state index in [1.54, 1.807) is 0 Å². The number of hydrogen-bond acceptors (Lipinski definition) is 6. The van der Waals surface area contributed by atoms with Crippen LogP contribution in [0.2, 0.25) is 0 Å². The monoisotopic (exact) mass is 304 g/mol. The number of aliphatic hydroxyl groups is 1. The van der Waals surface area contributed by atoms with E-state index < -0.39 is 6.10 Å². The molecule has 118 valence electrons. The summed E-state index contributed by atoms with van der Waals surface area (Å²) in [5.41, 5.74) is 0. The first kappa shape index (κ1) is 15.0. The number of benzene rings is 1. The highest BCUT2D eigenvalue weighted by Crippen LogP contribution is 2.21. The van der Waals surface area contributed by atoms with Crippen molar-refractivity contribution in [3.63, 3.8) is 0 Å². The number of hydrogen-bond donors (Lipinski definition) is 2. The maximum absolute atomic E-state index is 10.2. The molecule has 1 saturated heterocycles. The van der Waals surface area contributed by atoms with E-state index in [0.717, 1.165) is 18.1 Å². The Morgan fingerprint density at radius 1 is 1.41 bits per heavy atom. The van der Waals surface area contributed by atoms with Gasteiger partial charge in [0.2, 0.25) is 0 Å². The van der Waals surface area contributed by atoms with Crippen LogP contribution in [-0.2, 0) is 4.74 Å². The van der Waals surface area contributed by atoms with Gasteiger partial charge in [-0.2, -0.15) is 5.10 Å². The fourth-order valence-electron chi connectivity index (χ4n) is 2.52. The summed E-state index contributed by atoms with van der Waals surface area (Å²) >= 11 is 0. The van der Waals surface area contributed by atoms with Crippen LogP contribution < -0.4 is 4.74 Å². The smallest absolute Gasteiger partial charge is 0.143 e. The van der Waals surface area contributed by atoms with Crippen LogP contribution in [0.25, 0.3) is 0 Å². The van der Waals surface area contributed by atoms with Crippen molar-refractivity contribution in [2.24, 2.45) is 0 Å². The summed E-state index contributed by atoms with van der Waals surface area (Å²) in [5.74, 6) is 1.52. The number of rotatable bonds is 6. The van der Waals surface area contributed by atoms with Gasteiger partial charge in [0.15, 0.2) is 0 Å². The molecule has 2 heterocycles. The number of nitrogens with zero attached hydrogens (tertiary/aromatic N) is 3. The molecule has 2 atom stereocenters. The van der Waals surface area contributed by atoms with Crippen LogP contribution in [-0.4, -0.2) is 64.2 Å². The first-order valence-electron chi connectivity index (χ1n) is 7.36. The van der Waals surface area contributed by atoms with Gasteiger partial charge in [0.1, 0.15) is 30.6 Å². The van der Waals surface area contributed by atoms with Gasteiger partial charge in [-0.1, -0.05) is 18.2 Å². The van der Waals surface area contributed by atoms with Gasteiger partial charge < -0.3 is 14.6 Å². The molecule has 0 amide bonds. The number of morpholine rings is 1. The molecule has 1 aliphatic rings. The van der Waals surface area contributed by atoms with Gasteiger partial charge in [0.25, 0.3) is 0 Å². The Morgan fingerprint density at radius 2 is 2.27 bits per heavy atom. The Bertz CT molecular complexity index is 549. The Morgan fingerprint density at radius 3 is 3.05 bits per heavy atom. The fourth-order valence-corrected chi connectivity index (χ4v) is 2.52. The lowest BCUT2D eigenvalue weighted by atomic mass is 10.2. The van der Waals surface area contributed by atoms with Gasteiger partial charge in [-0.25, -0.2) is 4.98 Å². The van der Waals surface area contributed by atoms with Crippen LogP contribution in [0.1, 0.15) is 11.9 Å². The molecule has 0 saturated carbocycles. The van der Waals surface area contributed by atoms with Crippen molar-refractivity contribution in [1.29, 1.82) is 0 Å². The minimum absolute atomic E-state index is 0.0115. The first-order valence-corrected chi connectivity index (χ1v) is 7.36. The predicted octanol–water partition coefficient (Wildman–Crippen LogP) is 0.618. The highest BCUT2D eigenvalue weighted by Gasteiger charge is 2.28. The molecule has 1 aromatic carbocycles. The van der Waals surface area contributed by atoms with Crippen LogP contribution in [0.15, 0.2) is 36.7 Å². The van der Waals surface area contributed by atoms with Crippen molar-refractivity contribution in [2.45, 2.75) is 12.1 Å². The number of ether oxygens (including phenoxy) is 2. The quantitative estimate of drug-likeness (QED) is 0.814. The Hall–Kier alpha value is -1.96. The Kier molecular flexibility index (Phi) is 4.99. The molecule has 0 spiro atoms. The third-order valence-electron chi connectivity index (χ3n) is 3.62. The molecule has 2 unspecified atom stereocenters. The van der Waals surface area contributed by atoms with Crippen LogP contribution in [0.5, 0.6) is 5.75 Å². The summed E-state index contributed by atoms with van der Waals surface area (Å²) in [5, 5.41) is 17.0. The minimum atomic E-state index is -0.580. The molecule has 2 aromatic rings. The summed E-state index contributed by atoms with van der Waals surface area (Å²) in [6.07, 6.45) is 0.903. The molecule has 7 heteroatoms. The zero-order valence-electron chi connectivity index (χ0n) is 12.3. The lowest BCUT2D eigenvalue weighted by molar-refractivity contribution is -0.0361. The van der Waals surface area contributed by atoms with E-state index in [4.69, 9.17) is 9.47 Å². The predicted molar refractivity (Wildman–Crippen MR) is 79.5 cm³/mol. The van der Waals surface area contributed by atoms with E-state index in [-0.39, 0.29) is 12.6 Å². The molecule has 0 bridgehead atoms. The summed E-state index contributed by atoms with van der Waals surface area (Å²) in [4.78, 5) is 6.33. The first-order chi connectivity index (χ1) is 10.8. The molecule has 0 radical (unpaired) electrons. The van der Waals surface area contributed by atoms with Gasteiger partial charge in [0, 0.05) is 13.1 Å². The third-order valence-corrected chi connectivity index (χ3v) is 3.62. The van der Waals surface area contributed by atoms with E-state index >= 15 is 0 Å². The maximum atomic E-state index is 10.2. The number of aliphatic hydroxyl groups excluding tert-OH is 1. The number of aromatic nitrogens is 3. The normalized spacial score (nSPS) is 20.7. The van der Waals surface area contributed by atoms with Gasteiger partial charge in [-0.05, 0) is 12.1 Å². The number of nitrogens with one attached hydrogen (secondary N) is 1. The van der Waals surface area contributed by atoms with Gasteiger partial charge in [-0.3, -0.25) is 10.00 Å². The topological polar surface area (TPSA) is 83.5 Å². The SMILES string of the molecule is OC(COc1ccccc1)CN1CCOCC1c1ncn[nH]1. The highest BCUT2D eigenvalue weighted by molar-refractivity contribution is 5.20. The number of H-pyrrole nitrogens is 1. The van der Waals surface area contributed by atoms with E-state index in [2.05, 4.69) is 20.1 Å². The van der Waals surface area contributed by atoms with Crippen molar-refractivity contribution in [3.8, 4) is 5.75 Å². The Balaban J connectivity index is 1.54. The molecule has 3 rings (SSSR count). The molecule has 1 aromatic heterocycles. The van der Waals surface area contributed by atoms with Gasteiger partial charge in [0.05, 0.1) is 19.3 Å². The fraction of sp³-hybridized carbons (Fsp3) is 0.467. The molecule has 0 aliphatic carbocycles. The van der Waals surface area contributed by atoms with E-state index in [9.17, 15) is 5.11 Å². The van der Waals surface area contributed by atoms with E-state index in [1.165, 1.54) is 6.33 Å². The van der Waals surface area contributed by atoms with Crippen molar-refractivity contribution in [2.75, 3.05) is 32.9 Å². The second-order valence-electron chi connectivity index (χ2n) is 5.23. The standard InChI is InChI=1S/C15H20N4O3/c20-12(9-22-13-4-2-1-3-5-13)8-19-6-7-21-10-14(19)15-16-11-17-18-15/h1-5,11-12,14,20H,6-10H2,(H,16,17,18). The second-order valence-corrected chi connectivity index (χ2v) is 5.23. The number of aromatic amines is 1. The summed E-state index contributed by atoms with van der Waals surface area (Å²) in [7, 11) is 0. The third kappa shape index (κ3) is 3.82. The van der Waals surface area contributed by atoms with Crippen LogP contribution in [0.4, 0.5) is 0 Å². The lowest BCUT2D eigenvalue weighted by Gasteiger charge is -2.35. The molecular formula is C15H20N4O3. The van der Waals surface area contributed by atoms with E-state index in [1.807, 2.05) is 30.3 Å². The molecule has 2 N–H and O–H groups in total. The maximum Gasteiger partial charge on any atom is 0.143 e. The largest absolute Gasteiger partial charge is 0.491 e. The summed E-state index contributed by atoms with van der Waals surface area (Å²) < 4.78 is 11.1. The molecule has 1 fully saturated rings. The molecule has 7 nitrogen and oxygen atoms in total. The van der Waals surface area contributed by atoms with Gasteiger partial charge in [-0.15, -0.1) is 0 Å². The average molecular weight is 304 g/mol. The average Bonchev–Trinajstić information content (AvgIpc) is 3.09. The van der Waals surface area contributed by atoms with E-state index in [0.29, 0.717) is 19.8 Å². The molecular weight excluding hydrogens is 284 g/mol. The van der Waals surface area contributed by atoms with Crippen LogP contribution in [0.3, 0.4) is 0 Å². The zero-order valence-corrected chi connectivity index (χ0v) is 12.3. The highest BCUT2D eigenvalue weighted by atomic mass is 16.5. The van der Waals surface area contributed by atoms with Crippen molar-refractivity contribution in [3.05, 3.63) is 42.5 Å². The summed E-state index contributed by atoms with van der Waals surface area (Å²) in [6.45, 7) is 2.69. The second kappa shape index (κ2) is 7.35. The Labute approximate surface area is 128 Å². The van der Waals surface area contributed by atoms with Crippen LogP contribution >= 0.6 is 0 Å². The number of β-amino-alcohol motifs (C(OH)–C–C–N with tert-alkyl or cyclic N) is 1.